The molecule has 154 valence electrons. The molecule has 0 unspecified atom stereocenters. The number of benzene rings is 1. The van der Waals surface area contributed by atoms with Gasteiger partial charge in [0.2, 0.25) is 0 Å². The summed E-state index contributed by atoms with van der Waals surface area (Å²) in [4.78, 5) is 30.0. The number of halogens is 1. The van der Waals surface area contributed by atoms with Crippen molar-refractivity contribution in [1.29, 1.82) is 0 Å². The number of aliphatic hydroxyl groups excluding tert-OH is 1. The monoisotopic (exact) mass is 426 g/mol. The first-order chi connectivity index (χ1) is 14.5. The lowest BCUT2D eigenvalue weighted by atomic mass is 10.1. The summed E-state index contributed by atoms with van der Waals surface area (Å²) in [6.45, 7) is 0.607. The molecule has 3 heterocycles. The Hall–Kier alpha value is -3.07. The Kier molecular flexibility index (Phi) is 5.89. The van der Waals surface area contributed by atoms with E-state index in [-0.39, 0.29) is 12.2 Å². The lowest BCUT2D eigenvalue weighted by molar-refractivity contribution is -0.0140. The van der Waals surface area contributed by atoms with Crippen LogP contribution in [0.25, 0.3) is 16.9 Å². The summed E-state index contributed by atoms with van der Waals surface area (Å²) in [5.74, 6) is -0.607. The van der Waals surface area contributed by atoms with Gasteiger partial charge < -0.3 is 15.2 Å². The molecular weight excluding hydrogens is 408 g/mol. The maximum absolute atomic E-state index is 13.1. The largest absolute Gasteiger partial charge is 0.391 e. The first-order valence-electron chi connectivity index (χ1n) is 9.40. The van der Waals surface area contributed by atoms with Crippen molar-refractivity contribution in [1.82, 2.24) is 20.1 Å². The van der Waals surface area contributed by atoms with Crippen LogP contribution in [0.3, 0.4) is 0 Å². The minimum Gasteiger partial charge on any atom is -0.391 e. The van der Waals surface area contributed by atoms with Crippen LogP contribution in [-0.2, 0) is 4.74 Å². The maximum Gasteiger partial charge on any atom is 0.284 e. The van der Waals surface area contributed by atoms with Gasteiger partial charge in [0, 0.05) is 23.4 Å². The molecule has 0 aliphatic carbocycles. The SMILES string of the molecule is O=C(N[C@H]1COCC[C@H]1O)c1cc(-c2ccc(Cl)cc2)nn(-c2cccnc2)c1=O. The highest BCUT2D eigenvalue weighted by atomic mass is 35.5. The summed E-state index contributed by atoms with van der Waals surface area (Å²) in [5.41, 5.74) is 0.835. The number of aromatic nitrogens is 3. The second-order valence-electron chi connectivity index (χ2n) is 6.89. The molecule has 1 saturated heterocycles. The van der Waals surface area contributed by atoms with Crippen LogP contribution in [0.15, 0.2) is 59.7 Å². The molecule has 1 fully saturated rings. The lowest BCUT2D eigenvalue weighted by Gasteiger charge is -2.28. The molecule has 0 spiro atoms. The van der Waals surface area contributed by atoms with Crippen molar-refractivity contribution in [2.75, 3.05) is 13.2 Å². The molecule has 8 nitrogen and oxygen atoms in total. The van der Waals surface area contributed by atoms with Crippen molar-refractivity contribution in [3.8, 4) is 16.9 Å². The molecule has 0 saturated carbocycles. The van der Waals surface area contributed by atoms with Gasteiger partial charge in [0.1, 0.15) is 5.56 Å². The topological polar surface area (TPSA) is 106 Å². The molecule has 2 aromatic heterocycles. The van der Waals surface area contributed by atoms with E-state index in [4.69, 9.17) is 16.3 Å². The van der Waals surface area contributed by atoms with Crippen LogP contribution >= 0.6 is 11.6 Å². The van der Waals surface area contributed by atoms with Crippen LogP contribution in [0.1, 0.15) is 16.8 Å². The Bertz CT molecular complexity index is 1100. The summed E-state index contributed by atoms with van der Waals surface area (Å²) in [6, 6.07) is 11.1. The molecule has 2 N–H and O–H groups in total. The Morgan fingerprint density at radius 1 is 1.27 bits per heavy atom. The lowest BCUT2D eigenvalue weighted by Crippen LogP contribution is -2.50. The zero-order valence-electron chi connectivity index (χ0n) is 15.9. The van der Waals surface area contributed by atoms with Crippen LogP contribution in [0.4, 0.5) is 0 Å². The van der Waals surface area contributed by atoms with Crippen molar-refractivity contribution in [3.63, 3.8) is 0 Å². The van der Waals surface area contributed by atoms with Gasteiger partial charge in [-0.05, 0) is 36.8 Å². The Labute approximate surface area is 177 Å². The molecule has 30 heavy (non-hydrogen) atoms. The van der Waals surface area contributed by atoms with E-state index < -0.39 is 23.6 Å². The summed E-state index contributed by atoms with van der Waals surface area (Å²) in [6.07, 6.45) is 2.74. The molecule has 2 atom stereocenters. The number of amides is 1. The van der Waals surface area contributed by atoms with Gasteiger partial charge in [-0.2, -0.15) is 9.78 Å². The zero-order valence-corrected chi connectivity index (χ0v) is 16.6. The highest BCUT2D eigenvalue weighted by Gasteiger charge is 2.27. The number of ether oxygens (including phenoxy) is 1. The fourth-order valence-electron chi connectivity index (χ4n) is 3.18. The fraction of sp³-hybridized carbons (Fsp3) is 0.238. The number of nitrogens with one attached hydrogen (secondary N) is 1. The minimum atomic E-state index is -0.735. The van der Waals surface area contributed by atoms with Crippen molar-refractivity contribution >= 4 is 17.5 Å². The van der Waals surface area contributed by atoms with Crippen molar-refractivity contribution in [2.45, 2.75) is 18.6 Å². The van der Waals surface area contributed by atoms with E-state index in [0.717, 1.165) is 4.68 Å². The fourth-order valence-corrected chi connectivity index (χ4v) is 3.31. The number of carbonyl (C=O) groups is 1. The van der Waals surface area contributed by atoms with E-state index in [1.807, 2.05) is 0 Å². The van der Waals surface area contributed by atoms with Gasteiger partial charge in [-0.15, -0.1) is 0 Å². The summed E-state index contributed by atoms with van der Waals surface area (Å²) >= 11 is 5.97. The normalized spacial score (nSPS) is 18.7. The minimum absolute atomic E-state index is 0.100. The highest BCUT2D eigenvalue weighted by molar-refractivity contribution is 6.30. The number of hydrogen-bond donors (Lipinski definition) is 2. The van der Waals surface area contributed by atoms with Crippen LogP contribution < -0.4 is 10.9 Å². The third-order valence-corrected chi connectivity index (χ3v) is 5.07. The van der Waals surface area contributed by atoms with Gasteiger partial charge in [0.25, 0.3) is 11.5 Å². The van der Waals surface area contributed by atoms with Crippen molar-refractivity contribution in [3.05, 3.63) is 75.8 Å². The second kappa shape index (κ2) is 8.74. The quantitative estimate of drug-likeness (QED) is 0.659. The Morgan fingerprint density at radius 3 is 2.77 bits per heavy atom. The predicted molar refractivity (Wildman–Crippen MR) is 111 cm³/mol. The van der Waals surface area contributed by atoms with Gasteiger partial charge >= 0.3 is 0 Å². The van der Waals surface area contributed by atoms with Gasteiger partial charge in [0.15, 0.2) is 0 Å². The van der Waals surface area contributed by atoms with E-state index in [1.165, 1.54) is 12.3 Å². The second-order valence-corrected chi connectivity index (χ2v) is 7.33. The molecule has 1 aliphatic heterocycles. The van der Waals surface area contributed by atoms with E-state index in [9.17, 15) is 14.7 Å². The number of nitrogens with zero attached hydrogens (tertiary/aromatic N) is 3. The van der Waals surface area contributed by atoms with Crippen LogP contribution in [0, 0.1) is 0 Å². The Morgan fingerprint density at radius 2 is 2.07 bits per heavy atom. The number of carbonyl (C=O) groups excluding carboxylic acids is 1. The number of pyridine rings is 1. The standard InChI is InChI=1S/C21H19ClN4O4/c22-14-5-3-13(4-6-14)17-10-16(20(28)24-18-12-30-9-7-19(18)27)21(29)26(25-17)15-2-1-8-23-11-15/h1-6,8,10-11,18-19,27H,7,9,12H2,(H,24,28)/t18-,19+/m0/s1. The molecule has 3 aromatic rings. The van der Waals surface area contributed by atoms with E-state index >= 15 is 0 Å². The summed E-state index contributed by atoms with van der Waals surface area (Å²) in [5, 5.41) is 17.8. The third kappa shape index (κ3) is 4.25. The van der Waals surface area contributed by atoms with Gasteiger partial charge in [-0.1, -0.05) is 23.7 Å². The molecule has 1 aliphatic rings. The number of aliphatic hydroxyl groups is 1. The number of hydrogen-bond acceptors (Lipinski definition) is 6. The van der Waals surface area contributed by atoms with Gasteiger partial charge in [-0.3, -0.25) is 14.6 Å². The van der Waals surface area contributed by atoms with Crippen LogP contribution in [0.5, 0.6) is 0 Å². The molecule has 4 rings (SSSR count). The predicted octanol–water partition coefficient (Wildman–Crippen LogP) is 1.83. The third-order valence-electron chi connectivity index (χ3n) is 4.82. The van der Waals surface area contributed by atoms with Crippen LogP contribution in [-0.4, -0.2) is 51.1 Å². The first-order valence-corrected chi connectivity index (χ1v) is 9.78. The van der Waals surface area contributed by atoms with E-state index in [2.05, 4.69) is 15.4 Å². The molecule has 9 heteroatoms. The van der Waals surface area contributed by atoms with E-state index in [0.29, 0.717) is 35.0 Å². The Balaban J connectivity index is 1.78. The zero-order chi connectivity index (χ0) is 21.1. The first kappa shape index (κ1) is 20.2. The average Bonchev–Trinajstić information content (AvgIpc) is 2.76. The highest BCUT2D eigenvalue weighted by Crippen LogP contribution is 2.20. The van der Waals surface area contributed by atoms with E-state index in [1.54, 1.807) is 42.6 Å². The van der Waals surface area contributed by atoms with Crippen LogP contribution in [0.2, 0.25) is 5.02 Å². The molecule has 1 amide bonds. The summed E-state index contributed by atoms with van der Waals surface area (Å²) < 4.78 is 6.46. The average molecular weight is 427 g/mol. The molecule has 0 radical (unpaired) electrons. The molecular formula is C21H19ClN4O4. The van der Waals surface area contributed by atoms with Gasteiger partial charge in [-0.25, -0.2) is 0 Å². The molecule has 1 aromatic carbocycles. The number of rotatable bonds is 4. The maximum atomic E-state index is 13.1. The molecule has 0 bridgehead atoms. The van der Waals surface area contributed by atoms with Crippen molar-refractivity contribution < 1.29 is 14.6 Å². The summed E-state index contributed by atoms with van der Waals surface area (Å²) in [7, 11) is 0. The van der Waals surface area contributed by atoms with Gasteiger partial charge in [0.05, 0.1) is 36.3 Å². The smallest absolute Gasteiger partial charge is 0.284 e. The van der Waals surface area contributed by atoms with Crippen molar-refractivity contribution in [2.24, 2.45) is 0 Å².